The van der Waals surface area contributed by atoms with E-state index >= 15 is 0 Å². The Morgan fingerprint density at radius 2 is 2.21 bits per heavy atom. The lowest BCUT2D eigenvalue weighted by atomic mass is 10.3. The molecular weight excluding hydrogens is 182 g/mol. The number of esters is 1. The zero-order valence-corrected chi connectivity index (χ0v) is 8.58. The first-order valence-corrected chi connectivity index (χ1v) is 4.57. The van der Waals surface area contributed by atoms with E-state index in [4.69, 9.17) is 14.7 Å². The summed E-state index contributed by atoms with van der Waals surface area (Å²) in [5.41, 5.74) is -0.203. The highest BCUT2D eigenvalue weighted by molar-refractivity contribution is 5.91. The van der Waals surface area contributed by atoms with Gasteiger partial charge >= 0.3 is 5.97 Å². The molecule has 0 aliphatic carbocycles. The number of rotatable bonds is 6. The summed E-state index contributed by atoms with van der Waals surface area (Å²) in [6.45, 7) is 7.50. The van der Waals surface area contributed by atoms with Gasteiger partial charge in [0.25, 0.3) is 0 Å². The average molecular weight is 197 g/mol. The maximum Gasteiger partial charge on any atom is 0.350 e. The molecule has 0 aliphatic rings. The molecule has 0 aliphatic heterocycles. The van der Waals surface area contributed by atoms with Gasteiger partial charge in [0.1, 0.15) is 11.6 Å². The second kappa shape index (κ2) is 7.10. The minimum atomic E-state index is -0.709. The molecule has 0 amide bonds. The number of hydrogen-bond acceptors (Lipinski definition) is 4. The predicted molar refractivity (Wildman–Crippen MR) is 51.2 cm³/mol. The summed E-state index contributed by atoms with van der Waals surface area (Å²) in [4.78, 5) is 11.1. The second-order valence-corrected chi connectivity index (χ2v) is 2.67. The molecule has 0 saturated carbocycles. The van der Waals surface area contributed by atoms with Gasteiger partial charge in [-0.15, -0.1) is 0 Å². The Morgan fingerprint density at radius 1 is 1.57 bits per heavy atom. The van der Waals surface area contributed by atoms with Crippen molar-refractivity contribution in [1.82, 2.24) is 0 Å². The Balaban J connectivity index is 4.09. The molecule has 0 aromatic rings. The fourth-order valence-electron chi connectivity index (χ4n) is 0.834. The molecular formula is C10H15NO3. The normalized spacial score (nSPS) is 11.5. The largest absolute Gasteiger partial charge is 0.432 e. The molecule has 4 nitrogen and oxygen atoms in total. The van der Waals surface area contributed by atoms with Crippen LogP contribution in [-0.4, -0.2) is 18.9 Å². The van der Waals surface area contributed by atoms with E-state index in [9.17, 15) is 4.79 Å². The number of carbonyl (C=O) groups excluding carboxylic acids is 1. The number of nitrogens with zero attached hydrogens (tertiary/aromatic N) is 1. The highest BCUT2D eigenvalue weighted by atomic mass is 16.7. The van der Waals surface area contributed by atoms with Crippen molar-refractivity contribution in [2.75, 3.05) is 6.61 Å². The molecule has 1 atom stereocenters. The summed E-state index contributed by atoms with van der Waals surface area (Å²) >= 11 is 0. The fraction of sp³-hybridized carbons (Fsp3) is 0.600. The van der Waals surface area contributed by atoms with E-state index in [1.54, 1.807) is 6.07 Å². The van der Waals surface area contributed by atoms with Crippen molar-refractivity contribution in [1.29, 1.82) is 5.26 Å². The van der Waals surface area contributed by atoms with Gasteiger partial charge in [-0.05, 0) is 6.92 Å². The van der Waals surface area contributed by atoms with Crippen molar-refractivity contribution in [3.8, 4) is 6.07 Å². The molecule has 0 radical (unpaired) electrons. The molecule has 14 heavy (non-hydrogen) atoms. The van der Waals surface area contributed by atoms with Crippen LogP contribution in [0, 0.1) is 11.3 Å². The highest BCUT2D eigenvalue weighted by Gasteiger charge is 2.15. The Labute approximate surface area is 84.1 Å². The van der Waals surface area contributed by atoms with E-state index in [1.807, 2.05) is 13.8 Å². The molecule has 1 unspecified atom stereocenters. The summed E-state index contributed by atoms with van der Waals surface area (Å²) in [5.74, 6) is -0.709. The molecule has 78 valence electrons. The number of nitriles is 1. The van der Waals surface area contributed by atoms with Gasteiger partial charge in [0.05, 0.1) is 0 Å². The topological polar surface area (TPSA) is 59.3 Å². The summed E-state index contributed by atoms with van der Waals surface area (Å²) in [5, 5.41) is 8.39. The van der Waals surface area contributed by atoms with Crippen molar-refractivity contribution in [3.63, 3.8) is 0 Å². The van der Waals surface area contributed by atoms with Crippen LogP contribution in [0.5, 0.6) is 0 Å². The summed E-state index contributed by atoms with van der Waals surface area (Å²) in [6.07, 6.45) is 0.900. The zero-order chi connectivity index (χ0) is 11.0. The van der Waals surface area contributed by atoms with Crippen LogP contribution in [0.15, 0.2) is 12.2 Å². The quantitative estimate of drug-likeness (QED) is 0.282. The summed E-state index contributed by atoms with van der Waals surface area (Å²) in [7, 11) is 0. The molecule has 0 saturated heterocycles. The monoisotopic (exact) mass is 197 g/mol. The van der Waals surface area contributed by atoms with Gasteiger partial charge < -0.3 is 9.47 Å². The lowest BCUT2D eigenvalue weighted by Crippen LogP contribution is -2.21. The lowest BCUT2D eigenvalue weighted by molar-refractivity contribution is -0.174. The first-order valence-electron chi connectivity index (χ1n) is 4.57. The van der Waals surface area contributed by atoms with Crippen molar-refractivity contribution in [2.45, 2.75) is 33.0 Å². The van der Waals surface area contributed by atoms with Gasteiger partial charge in [0, 0.05) is 13.0 Å². The summed E-state index contributed by atoms with van der Waals surface area (Å²) in [6, 6.07) is 1.63. The summed E-state index contributed by atoms with van der Waals surface area (Å²) < 4.78 is 10.1. The van der Waals surface area contributed by atoms with Crippen LogP contribution < -0.4 is 0 Å². The molecule has 0 bridgehead atoms. The van der Waals surface area contributed by atoms with Crippen LogP contribution in [-0.2, 0) is 14.3 Å². The van der Waals surface area contributed by atoms with Crippen LogP contribution in [0.2, 0.25) is 0 Å². The molecule has 0 fully saturated rings. The van der Waals surface area contributed by atoms with Crippen molar-refractivity contribution >= 4 is 5.97 Å². The van der Waals surface area contributed by atoms with Crippen molar-refractivity contribution < 1.29 is 14.3 Å². The molecule has 0 rings (SSSR count). The molecule has 0 N–H and O–H groups in total. The Morgan fingerprint density at radius 3 is 2.64 bits per heavy atom. The SMILES string of the molecule is C=C(C#N)C(=O)OC(CCC)OCC. The van der Waals surface area contributed by atoms with Crippen LogP contribution in [0.1, 0.15) is 26.7 Å². The Hall–Kier alpha value is -1.34. The third kappa shape index (κ3) is 4.63. The van der Waals surface area contributed by atoms with Crippen LogP contribution in [0.4, 0.5) is 0 Å². The standard InChI is InChI=1S/C10H15NO3/c1-4-6-9(13-5-2)14-10(12)8(3)7-11/h9H,3-6H2,1-2H3. The third-order valence-corrected chi connectivity index (χ3v) is 1.50. The van der Waals surface area contributed by atoms with Crippen molar-refractivity contribution in [3.05, 3.63) is 12.2 Å². The predicted octanol–water partition coefficient (Wildman–Crippen LogP) is 1.77. The van der Waals surface area contributed by atoms with Gasteiger partial charge in [0.15, 0.2) is 0 Å². The maximum atomic E-state index is 11.1. The van der Waals surface area contributed by atoms with E-state index in [0.717, 1.165) is 6.42 Å². The number of ether oxygens (including phenoxy) is 2. The molecule has 0 heterocycles. The zero-order valence-electron chi connectivity index (χ0n) is 8.58. The molecule has 0 spiro atoms. The van der Waals surface area contributed by atoms with Gasteiger partial charge in [0.2, 0.25) is 6.29 Å². The van der Waals surface area contributed by atoms with Crippen LogP contribution in [0.25, 0.3) is 0 Å². The van der Waals surface area contributed by atoms with Crippen LogP contribution in [0.3, 0.4) is 0 Å². The highest BCUT2D eigenvalue weighted by Crippen LogP contribution is 2.06. The van der Waals surface area contributed by atoms with Crippen LogP contribution >= 0.6 is 0 Å². The van der Waals surface area contributed by atoms with Gasteiger partial charge in [-0.1, -0.05) is 19.9 Å². The molecule has 4 heteroatoms. The van der Waals surface area contributed by atoms with E-state index in [-0.39, 0.29) is 5.57 Å². The van der Waals surface area contributed by atoms with E-state index in [2.05, 4.69) is 6.58 Å². The lowest BCUT2D eigenvalue weighted by Gasteiger charge is -2.16. The first-order chi connectivity index (χ1) is 6.65. The van der Waals surface area contributed by atoms with Gasteiger partial charge in [-0.25, -0.2) is 4.79 Å². The number of carbonyl (C=O) groups is 1. The van der Waals surface area contributed by atoms with Gasteiger partial charge in [-0.3, -0.25) is 0 Å². The van der Waals surface area contributed by atoms with Crippen molar-refractivity contribution in [2.24, 2.45) is 0 Å². The van der Waals surface area contributed by atoms with Gasteiger partial charge in [-0.2, -0.15) is 5.26 Å². The number of hydrogen-bond donors (Lipinski definition) is 0. The minimum absolute atomic E-state index is 0.203. The Bertz CT molecular complexity index is 236. The van der Waals surface area contributed by atoms with E-state index in [1.165, 1.54) is 0 Å². The minimum Gasteiger partial charge on any atom is -0.432 e. The smallest absolute Gasteiger partial charge is 0.350 e. The Kier molecular flexibility index (Phi) is 6.42. The fourth-order valence-corrected chi connectivity index (χ4v) is 0.834. The molecule has 0 aromatic heterocycles. The average Bonchev–Trinajstić information content (AvgIpc) is 2.17. The third-order valence-electron chi connectivity index (χ3n) is 1.50. The first kappa shape index (κ1) is 12.7. The van der Waals surface area contributed by atoms with E-state index < -0.39 is 12.3 Å². The molecule has 0 aromatic carbocycles. The maximum absolute atomic E-state index is 11.1. The second-order valence-electron chi connectivity index (χ2n) is 2.67. The van der Waals surface area contributed by atoms with E-state index in [0.29, 0.717) is 13.0 Å².